The molecule has 1 amide bonds. The van der Waals surface area contributed by atoms with Crippen LogP contribution >= 0.6 is 0 Å². The minimum absolute atomic E-state index is 0.00378. The number of anilines is 1. The van der Waals surface area contributed by atoms with Crippen molar-refractivity contribution in [3.63, 3.8) is 0 Å². The van der Waals surface area contributed by atoms with Gasteiger partial charge < -0.3 is 4.90 Å². The van der Waals surface area contributed by atoms with Gasteiger partial charge in [-0.3, -0.25) is 14.0 Å². The van der Waals surface area contributed by atoms with E-state index in [1.165, 1.54) is 15.4 Å². The van der Waals surface area contributed by atoms with Crippen LogP contribution in [0.4, 0.5) is 5.69 Å². The van der Waals surface area contributed by atoms with Crippen molar-refractivity contribution in [1.82, 2.24) is 9.80 Å². The molecule has 6 rings (SSSR count). The average Bonchev–Trinajstić information content (AvgIpc) is 3.34. The normalized spacial score (nSPS) is 17.6. The lowest BCUT2D eigenvalue weighted by molar-refractivity contribution is 0.0597. The van der Waals surface area contributed by atoms with Gasteiger partial charge in [0, 0.05) is 37.8 Å². The maximum absolute atomic E-state index is 13.6. The number of sulfonamides is 1. The number of amides is 1. The van der Waals surface area contributed by atoms with E-state index < -0.39 is 10.0 Å². The molecule has 1 fully saturated rings. The first-order valence-electron chi connectivity index (χ1n) is 14.2. The zero-order valence-electron chi connectivity index (χ0n) is 23.5. The summed E-state index contributed by atoms with van der Waals surface area (Å²) >= 11 is 0. The molecule has 2 aliphatic heterocycles. The Hall–Kier alpha value is -3.94. The molecular formula is C34H35N3O3S. The van der Waals surface area contributed by atoms with Gasteiger partial charge in [-0.2, -0.15) is 0 Å². The van der Waals surface area contributed by atoms with Crippen molar-refractivity contribution in [2.75, 3.05) is 30.5 Å². The number of fused-ring (bicyclic) bond motifs is 1. The van der Waals surface area contributed by atoms with E-state index in [0.29, 0.717) is 30.8 Å². The lowest BCUT2D eigenvalue weighted by Crippen LogP contribution is -2.49. The summed E-state index contributed by atoms with van der Waals surface area (Å²) < 4.78 is 28.6. The van der Waals surface area contributed by atoms with E-state index >= 15 is 0 Å². The lowest BCUT2D eigenvalue weighted by Gasteiger charge is -2.40. The number of hydrogen-bond acceptors (Lipinski definition) is 4. The van der Waals surface area contributed by atoms with E-state index in [0.717, 1.165) is 24.2 Å². The van der Waals surface area contributed by atoms with Crippen LogP contribution in [0.1, 0.15) is 45.6 Å². The summed E-state index contributed by atoms with van der Waals surface area (Å²) in [4.78, 5) is 18.3. The second-order valence-electron chi connectivity index (χ2n) is 11.1. The van der Waals surface area contributed by atoms with Gasteiger partial charge in [0.05, 0.1) is 16.6 Å². The van der Waals surface area contributed by atoms with Crippen molar-refractivity contribution in [3.8, 4) is 0 Å². The van der Waals surface area contributed by atoms with E-state index in [1.807, 2.05) is 49.1 Å². The fourth-order valence-corrected chi connectivity index (χ4v) is 7.87. The number of hydrogen-bond donors (Lipinski definition) is 0. The molecule has 0 aliphatic carbocycles. The van der Waals surface area contributed by atoms with Crippen LogP contribution in [-0.4, -0.2) is 56.3 Å². The number of carbonyl (C=O) groups excluding carboxylic acids is 1. The van der Waals surface area contributed by atoms with Gasteiger partial charge in [0.2, 0.25) is 0 Å². The largest absolute Gasteiger partial charge is 0.336 e. The van der Waals surface area contributed by atoms with Gasteiger partial charge in [0.15, 0.2) is 0 Å². The van der Waals surface area contributed by atoms with Crippen LogP contribution in [-0.2, 0) is 16.4 Å². The zero-order chi connectivity index (χ0) is 28.6. The Morgan fingerprint density at radius 2 is 1.37 bits per heavy atom. The van der Waals surface area contributed by atoms with E-state index in [-0.39, 0.29) is 22.9 Å². The Morgan fingerprint density at radius 3 is 1.95 bits per heavy atom. The van der Waals surface area contributed by atoms with Crippen molar-refractivity contribution in [2.24, 2.45) is 0 Å². The molecule has 1 saturated heterocycles. The van der Waals surface area contributed by atoms with Crippen LogP contribution in [0.3, 0.4) is 0 Å². The number of nitrogens with zero attached hydrogens (tertiary/aromatic N) is 3. The van der Waals surface area contributed by atoms with Gasteiger partial charge in [-0.05, 0) is 67.3 Å². The van der Waals surface area contributed by atoms with Crippen molar-refractivity contribution >= 4 is 21.6 Å². The maximum Gasteiger partial charge on any atom is 0.264 e. The van der Waals surface area contributed by atoms with Crippen LogP contribution in [0, 0.1) is 6.92 Å². The fraction of sp³-hybridized carbons (Fsp3) is 0.265. The molecule has 0 aromatic heterocycles. The van der Waals surface area contributed by atoms with Crippen LogP contribution in [0.15, 0.2) is 108 Å². The molecule has 0 radical (unpaired) electrons. The van der Waals surface area contributed by atoms with Crippen LogP contribution in [0.5, 0.6) is 0 Å². The SMILES string of the molecule is Cc1ccc(S(=O)(=O)N2c3ccc(C(=O)N4CCN(C(c5ccccc5)c5ccccc5)CC4)cc3C[C@H]2C)cc1. The molecule has 0 unspecified atom stereocenters. The topological polar surface area (TPSA) is 60.9 Å². The molecule has 4 aromatic carbocycles. The van der Waals surface area contributed by atoms with E-state index in [9.17, 15) is 13.2 Å². The summed E-state index contributed by atoms with van der Waals surface area (Å²) in [6, 6.07) is 33.4. The first-order chi connectivity index (χ1) is 19.8. The molecule has 2 aliphatic rings. The van der Waals surface area contributed by atoms with Crippen LogP contribution in [0.25, 0.3) is 0 Å². The van der Waals surface area contributed by atoms with Gasteiger partial charge in [0.25, 0.3) is 15.9 Å². The number of benzene rings is 4. The Balaban J connectivity index is 1.18. The lowest BCUT2D eigenvalue weighted by atomic mass is 9.96. The molecule has 7 heteroatoms. The Kier molecular flexibility index (Phi) is 7.41. The van der Waals surface area contributed by atoms with Crippen LogP contribution in [0.2, 0.25) is 0 Å². The summed E-state index contributed by atoms with van der Waals surface area (Å²) in [5.74, 6) is -0.00378. The smallest absolute Gasteiger partial charge is 0.264 e. The Bertz CT molecular complexity index is 1590. The van der Waals surface area contributed by atoms with Gasteiger partial charge in [-0.1, -0.05) is 78.4 Å². The molecule has 1 atom stereocenters. The van der Waals surface area contributed by atoms with E-state index in [1.54, 1.807) is 24.3 Å². The molecule has 0 N–H and O–H groups in total. The third-order valence-corrected chi connectivity index (χ3v) is 10.2. The predicted molar refractivity (Wildman–Crippen MR) is 163 cm³/mol. The van der Waals surface area contributed by atoms with Gasteiger partial charge in [-0.25, -0.2) is 8.42 Å². The standard InChI is InChI=1S/C34H35N3O3S/c1-25-13-16-31(17-14-25)41(39,40)37-26(2)23-30-24-29(15-18-32(30)37)34(38)36-21-19-35(20-22-36)33(27-9-5-3-6-10-27)28-11-7-4-8-12-28/h3-18,24,26,33H,19-23H2,1-2H3/t26-/m1/s1. The second kappa shape index (κ2) is 11.1. The third-order valence-electron chi connectivity index (χ3n) is 8.25. The van der Waals surface area contributed by atoms with Crippen molar-refractivity contribution in [3.05, 3.63) is 131 Å². The first-order valence-corrected chi connectivity index (χ1v) is 15.6. The van der Waals surface area contributed by atoms with Gasteiger partial charge in [0.1, 0.15) is 0 Å². The molecule has 41 heavy (non-hydrogen) atoms. The predicted octanol–water partition coefficient (Wildman–Crippen LogP) is 5.68. The molecular weight excluding hydrogens is 530 g/mol. The minimum atomic E-state index is -3.70. The molecule has 0 spiro atoms. The van der Waals surface area contributed by atoms with Crippen molar-refractivity contribution in [2.45, 2.75) is 37.2 Å². The number of piperazine rings is 1. The van der Waals surface area contributed by atoms with Crippen molar-refractivity contribution in [1.29, 1.82) is 0 Å². The highest BCUT2D eigenvalue weighted by Crippen LogP contribution is 2.38. The fourth-order valence-electron chi connectivity index (χ4n) is 6.18. The highest BCUT2D eigenvalue weighted by molar-refractivity contribution is 7.92. The summed E-state index contributed by atoms with van der Waals surface area (Å²) in [6.45, 7) is 6.66. The van der Waals surface area contributed by atoms with E-state index in [2.05, 4.69) is 53.4 Å². The molecule has 0 bridgehead atoms. The average molecular weight is 566 g/mol. The van der Waals surface area contributed by atoms with Crippen LogP contribution < -0.4 is 4.31 Å². The zero-order valence-corrected chi connectivity index (χ0v) is 24.3. The quantitative estimate of drug-likeness (QED) is 0.302. The monoisotopic (exact) mass is 565 g/mol. The van der Waals surface area contributed by atoms with Gasteiger partial charge in [-0.15, -0.1) is 0 Å². The molecule has 0 saturated carbocycles. The number of aryl methyl sites for hydroxylation is 1. The first kappa shape index (κ1) is 27.2. The second-order valence-corrected chi connectivity index (χ2v) is 12.9. The summed E-state index contributed by atoms with van der Waals surface area (Å²) in [6.07, 6.45) is 0.575. The summed E-state index contributed by atoms with van der Waals surface area (Å²) in [5.41, 5.74) is 5.67. The van der Waals surface area contributed by atoms with Crippen molar-refractivity contribution < 1.29 is 13.2 Å². The maximum atomic E-state index is 13.6. The molecule has 4 aromatic rings. The number of carbonyl (C=O) groups is 1. The van der Waals surface area contributed by atoms with E-state index in [4.69, 9.17) is 0 Å². The highest BCUT2D eigenvalue weighted by atomic mass is 32.2. The summed E-state index contributed by atoms with van der Waals surface area (Å²) in [7, 11) is -3.70. The van der Waals surface area contributed by atoms with Gasteiger partial charge >= 0.3 is 0 Å². The molecule has 6 nitrogen and oxygen atoms in total. The Labute approximate surface area is 242 Å². The highest BCUT2D eigenvalue weighted by Gasteiger charge is 2.37. The number of rotatable bonds is 6. The third kappa shape index (κ3) is 5.27. The molecule has 210 valence electrons. The summed E-state index contributed by atoms with van der Waals surface area (Å²) in [5, 5.41) is 0. The minimum Gasteiger partial charge on any atom is -0.336 e. The Morgan fingerprint density at radius 1 is 0.780 bits per heavy atom. The molecule has 2 heterocycles.